The van der Waals surface area contributed by atoms with Crippen LogP contribution < -0.4 is 10.6 Å². The first-order valence-electron chi connectivity index (χ1n) is 6.00. The van der Waals surface area contributed by atoms with Crippen LogP contribution in [0.5, 0.6) is 0 Å². The van der Waals surface area contributed by atoms with E-state index in [0.29, 0.717) is 17.2 Å². The van der Waals surface area contributed by atoms with Gasteiger partial charge in [0.1, 0.15) is 0 Å². The molecule has 6 heteroatoms. The van der Waals surface area contributed by atoms with Crippen molar-refractivity contribution in [3.05, 3.63) is 28.0 Å². The topological polar surface area (TPSA) is 61.8 Å². The Labute approximate surface area is 121 Å². The highest BCUT2D eigenvalue weighted by atomic mass is 79.9. The first-order chi connectivity index (χ1) is 8.81. The SMILES string of the molecule is CC(C)C(C)N(C)c1ccc(/C(N)=N/O)c(Br)c1F. The average Bonchev–Trinajstić information content (AvgIpc) is 2.39. The highest BCUT2D eigenvalue weighted by Gasteiger charge is 2.20. The molecule has 1 aromatic rings. The smallest absolute Gasteiger partial charge is 0.171 e. The van der Waals surface area contributed by atoms with E-state index < -0.39 is 5.82 Å². The lowest BCUT2D eigenvalue weighted by Crippen LogP contribution is -2.34. The number of benzene rings is 1. The molecule has 1 atom stereocenters. The number of rotatable bonds is 4. The molecule has 0 heterocycles. The molecule has 106 valence electrons. The van der Waals surface area contributed by atoms with E-state index in [4.69, 9.17) is 10.9 Å². The summed E-state index contributed by atoms with van der Waals surface area (Å²) in [5.41, 5.74) is 6.29. The van der Waals surface area contributed by atoms with Gasteiger partial charge < -0.3 is 15.8 Å². The van der Waals surface area contributed by atoms with Gasteiger partial charge in [0.05, 0.1) is 10.2 Å². The number of oxime groups is 1. The van der Waals surface area contributed by atoms with E-state index in [0.717, 1.165) is 0 Å². The van der Waals surface area contributed by atoms with Gasteiger partial charge in [-0.3, -0.25) is 0 Å². The molecule has 1 unspecified atom stereocenters. The monoisotopic (exact) mass is 331 g/mol. The summed E-state index contributed by atoms with van der Waals surface area (Å²) in [6.45, 7) is 6.20. The fourth-order valence-corrected chi connectivity index (χ4v) is 2.27. The predicted octanol–water partition coefficient (Wildman–Crippen LogP) is 3.16. The van der Waals surface area contributed by atoms with Crippen LogP contribution in [0.15, 0.2) is 21.8 Å². The fourth-order valence-electron chi connectivity index (χ4n) is 1.73. The van der Waals surface area contributed by atoms with Gasteiger partial charge >= 0.3 is 0 Å². The zero-order valence-corrected chi connectivity index (χ0v) is 13.1. The highest BCUT2D eigenvalue weighted by Crippen LogP contribution is 2.30. The molecule has 3 N–H and O–H groups in total. The Morgan fingerprint density at radius 3 is 2.47 bits per heavy atom. The molecule has 0 bridgehead atoms. The number of hydrogen-bond acceptors (Lipinski definition) is 3. The molecule has 0 aliphatic heterocycles. The van der Waals surface area contributed by atoms with Crippen LogP contribution in [0, 0.1) is 11.7 Å². The van der Waals surface area contributed by atoms with Crippen molar-refractivity contribution in [2.75, 3.05) is 11.9 Å². The number of amidine groups is 1. The molecule has 0 aromatic heterocycles. The number of hydrogen-bond donors (Lipinski definition) is 2. The molecular formula is C13H19BrFN3O. The molecule has 0 saturated carbocycles. The predicted molar refractivity (Wildman–Crippen MR) is 79.3 cm³/mol. The Hall–Kier alpha value is -1.30. The first kappa shape index (κ1) is 15.8. The molecular weight excluding hydrogens is 313 g/mol. The summed E-state index contributed by atoms with van der Waals surface area (Å²) in [5, 5.41) is 11.5. The number of halogens is 2. The number of anilines is 1. The minimum absolute atomic E-state index is 0.128. The van der Waals surface area contributed by atoms with E-state index in [1.54, 1.807) is 12.1 Å². The van der Waals surface area contributed by atoms with Crippen molar-refractivity contribution in [1.82, 2.24) is 0 Å². The molecule has 0 saturated heterocycles. The van der Waals surface area contributed by atoms with Crippen LogP contribution in [-0.4, -0.2) is 24.1 Å². The molecule has 0 aliphatic carbocycles. The van der Waals surface area contributed by atoms with Gasteiger partial charge in [0.15, 0.2) is 11.7 Å². The van der Waals surface area contributed by atoms with Crippen LogP contribution in [0.4, 0.5) is 10.1 Å². The maximum atomic E-state index is 14.4. The molecule has 0 amide bonds. The summed E-state index contributed by atoms with van der Waals surface area (Å²) in [4.78, 5) is 1.88. The van der Waals surface area contributed by atoms with Crippen LogP contribution in [0.1, 0.15) is 26.3 Å². The Kier molecular flexibility index (Phi) is 5.17. The molecule has 19 heavy (non-hydrogen) atoms. The minimum atomic E-state index is -0.417. The summed E-state index contributed by atoms with van der Waals surface area (Å²) in [7, 11) is 1.85. The Balaban J connectivity index is 3.23. The summed E-state index contributed by atoms with van der Waals surface area (Å²) < 4.78 is 14.5. The lowest BCUT2D eigenvalue weighted by molar-refractivity contribution is 0.318. The fraction of sp³-hybridized carbons (Fsp3) is 0.462. The third-order valence-corrected chi connectivity index (χ3v) is 4.18. The minimum Gasteiger partial charge on any atom is -0.409 e. The van der Waals surface area contributed by atoms with Gasteiger partial charge in [0.2, 0.25) is 0 Å². The second-order valence-electron chi connectivity index (χ2n) is 4.84. The Morgan fingerprint density at radius 1 is 1.42 bits per heavy atom. The third kappa shape index (κ3) is 3.18. The van der Waals surface area contributed by atoms with E-state index in [9.17, 15) is 4.39 Å². The lowest BCUT2D eigenvalue weighted by Gasteiger charge is -2.30. The van der Waals surface area contributed by atoms with Gasteiger partial charge in [-0.05, 0) is 40.9 Å². The van der Waals surface area contributed by atoms with E-state index in [1.165, 1.54) is 0 Å². The van der Waals surface area contributed by atoms with Gasteiger partial charge in [-0.15, -0.1) is 0 Å². The van der Waals surface area contributed by atoms with Crippen molar-refractivity contribution < 1.29 is 9.60 Å². The van der Waals surface area contributed by atoms with Crippen LogP contribution >= 0.6 is 15.9 Å². The summed E-state index contributed by atoms with van der Waals surface area (Å²) in [6, 6.07) is 3.45. The molecule has 0 fully saturated rings. The van der Waals surface area contributed by atoms with Gasteiger partial charge in [-0.25, -0.2) is 4.39 Å². The van der Waals surface area contributed by atoms with E-state index in [2.05, 4.69) is 34.9 Å². The van der Waals surface area contributed by atoms with Gasteiger partial charge in [-0.2, -0.15) is 0 Å². The lowest BCUT2D eigenvalue weighted by atomic mass is 10.0. The van der Waals surface area contributed by atoms with Crippen LogP contribution in [0.25, 0.3) is 0 Å². The second-order valence-corrected chi connectivity index (χ2v) is 5.63. The van der Waals surface area contributed by atoms with Crippen molar-refractivity contribution in [3.8, 4) is 0 Å². The standard InChI is InChI=1S/C13H19BrFN3O/c1-7(2)8(3)18(4)10-6-5-9(13(16)17-19)11(14)12(10)15/h5-8,19H,1-4H3,(H2,16,17). The first-order valence-corrected chi connectivity index (χ1v) is 6.79. The molecule has 0 aliphatic rings. The number of nitrogens with two attached hydrogens (primary N) is 1. The quantitative estimate of drug-likeness (QED) is 0.385. The van der Waals surface area contributed by atoms with Crippen molar-refractivity contribution in [3.63, 3.8) is 0 Å². The molecule has 4 nitrogen and oxygen atoms in total. The van der Waals surface area contributed by atoms with Crippen molar-refractivity contribution >= 4 is 27.5 Å². The Bertz CT molecular complexity index is 491. The van der Waals surface area contributed by atoms with E-state index in [1.807, 2.05) is 18.9 Å². The van der Waals surface area contributed by atoms with Crippen molar-refractivity contribution in [1.29, 1.82) is 0 Å². The van der Waals surface area contributed by atoms with Crippen LogP contribution in [-0.2, 0) is 0 Å². The van der Waals surface area contributed by atoms with Crippen molar-refractivity contribution in [2.45, 2.75) is 26.8 Å². The van der Waals surface area contributed by atoms with Crippen molar-refractivity contribution in [2.24, 2.45) is 16.8 Å². The van der Waals surface area contributed by atoms with E-state index in [-0.39, 0.29) is 16.4 Å². The second kappa shape index (κ2) is 6.23. The van der Waals surface area contributed by atoms with Gasteiger partial charge in [-0.1, -0.05) is 19.0 Å². The zero-order chi connectivity index (χ0) is 14.7. The van der Waals surface area contributed by atoms with E-state index >= 15 is 0 Å². The largest absolute Gasteiger partial charge is 0.409 e. The molecule has 0 radical (unpaired) electrons. The Morgan fingerprint density at radius 2 is 2.00 bits per heavy atom. The van der Waals surface area contributed by atoms with Crippen LogP contribution in [0.2, 0.25) is 0 Å². The van der Waals surface area contributed by atoms with Gasteiger partial charge in [0.25, 0.3) is 0 Å². The summed E-state index contributed by atoms with van der Waals surface area (Å²) in [5.74, 6) is -0.150. The highest BCUT2D eigenvalue weighted by molar-refractivity contribution is 9.10. The zero-order valence-electron chi connectivity index (χ0n) is 11.5. The van der Waals surface area contributed by atoms with Gasteiger partial charge in [0, 0.05) is 18.7 Å². The normalized spacial score (nSPS) is 13.7. The summed E-state index contributed by atoms with van der Waals surface area (Å²) in [6.07, 6.45) is 0. The average molecular weight is 332 g/mol. The molecule has 1 rings (SSSR count). The maximum absolute atomic E-state index is 14.4. The third-order valence-electron chi connectivity index (χ3n) is 3.40. The molecule has 0 spiro atoms. The maximum Gasteiger partial charge on any atom is 0.171 e. The summed E-state index contributed by atoms with van der Waals surface area (Å²) >= 11 is 3.15. The number of nitrogens with zero attached hydrogens (tertiary/aromatic N) is 2. The van der Waals surface area contributed by atoms with Crippen LogP contribution in [0.3, 0.4) is 0 Å². The molecule has 1 aromatic carbocycles.